The molecule has 1 heterocycles. The summed E-state index contributed by atoms with van der Waals surface area (Å²) >= 11 is 0. The van der Waals surface area contributed by atoms with Crippen molar-refractivity contribution in [2.24, 2.45) is 5.41 Å². The van der Waals surface area contributed by atoms with Gasteiger partial charge in [-0.2, -0.15) is 0 Å². The van der Waals surface area contributed by atoms with Crippen LogP contribution in [0, 0.1) is 5.41 Å². The van der Waals surface area contributed by atoms with Crippen LogP contribution in [0.4, 0.5) is 0 Å². The molecule has 2 rings (SSSR count). The Labute approximate surface area is 150 Å². The van der Waals surface area contributed by atoms with E-state index in [4.69, 9.17) is 5.11 Å². The summed E-state index contributed by atoms with van der Waals surface area (Å²) in [6.07, 6.45) is 6.60. The number of hydrogen-bond donors (Lipinski definition) is 2. The zero-order valence-corrected chi connectivity index (χ0v) is 15.4. The molecule has 5 nitrogen and oxygen atoms in total. The van der Waals surface area contributed by atoms with Crippen LogP contribution in [0.25, 0.3) is 0 Å². The van der Waals surface area contributed by atoms with Crippen LogP contribution in [0.3, 0.4) is 0 Å². The summed E-state index contributed by atoms with van der Waals surface area (Å²) in [6.45, 7) is 6.48. The molecule has 1 aromatic rings. The number of carbonyl (C=O) groups excluding carboxylic acids is 1. The van der Waals surface area contributed by atoms with E-state index < -0.39 is 17.3 Å². The molecule has 0 saturated carbocycles. The van der Waals surface area contributed by atoms with E-state index in [0.29, 0.717) is 6.54 Å². The summed E-state index contributed by atoms with van der Waals surface area (Å²) in [5.74, 6) is -1.58. The molecule has 0 spiro atoms. The van der Waals surface area contributed by atoms with Crippen molar-refractivity contribution in [3.05, 3.63) is 35.4 Å². The Morgan fingerprint density at radius 1 is 1.00 bits per heavy atom. The van der Waals surface area contributed by atoms with Crippen LogP contribution in [-0.2, 0) is 22.7 Å². The molecule has 2 N–H and O–H groups in total. The van der Waals surface area contributed by atoms with Crippen LogP contribution < -0.4 is 5.32 Å². The lowest BCUT2D eigenvalue weighted by Gasteiger charge is -2.24. The van der Waals surface area contributed by atoms with Crippen molar-refractivity contribution in [1.29, 1.82) is 0 Å². The van der Waals surface area contributed by atoms with Gasteiger partial charge in [-0.15, -0.1) is 0 Å². The average molecular weight is 346 g/mol. The van der Waals surface area contributed by atoms with Gasteiger partial charge < -0.3 is 10.4 Å². The highest BCUT2D eigenvalue weighted by molar-refractivity contribution is 6.00. The highest BCUT2D eigenvalue weighted by Crippen LogP contribution is 2.16. The molecule has 25 heavy (non-hydrogen) atoms. The van der Waals surface area contributed by atoms with Gasteiger partial charge in [-0.05, 0) is 50.9 Å². The molecule has 0 aromatic heterocycles. The first-order chi connectivity index (χ1) is 11.9. The Balaban J connectivity index is 1.85. The average Bonchev–Trinajstić information content (AvgIpc) is 2.56. The van der Waals surface area contributed by atoms with Crippen molar-refractivity contribution in [2.45, 2.75) is 59.0 Å². The Morgan fingerprint density at radius 3 is 2.08 bits per heavy atom. The van der Waals surface area contributed by atoms with E-state index in [2.05, 4.69) is 22.3 Å². The van der Waals surface area contributed by atoms with Crippen LogP contribution in [0.15, 0.2) is 24.3 Å². The van der Waals surface area contributed by atoms with E-state index in [1.807, 2.05) is 12.1 Å². The van der Waals surface area contributed by atoms with Gasteiger partial charge in [0.1, 0.15) is 5.41 Å². The predicted molar refractivity (Wildman–Crippen MR) is 98.1 cm³/mol. The first-order valence-electron chi connectivity index (χ1n) is 9.21. The number of nitrogens with one attached hydrogen (secondary N) is 1. The van der Waals surface area contributed by atoms with Crippen molar-refractivity contribution in [2.75, 3.05) is 13.1 Å². The first kappa shape index (κ1) is 19.4. The van der Waals surface area contributed by atoms with Gasteiger partial charge >= 0.3 is 5.97 Å². The van der Waals surface area contributed by atoms with E-state index in [1.54, 1.807) is 0 Å². The Kier molecular flexibility index (Phi) is 7.00. The van der Waals surface area contributed by atoms with E-state index in [0.717, 1.165) is 12.1 Å². The summed E-state index contributed by atoms with van der Waals surface area (Å²) in [5.41, 5.74) is 0.846. The van der Waals surface area contributed by atoms with Gasteiger partial charge in [0.25, 0.3) is 0 Å². The van der Waals surface area contributed by atoms with Crippen LogP contribution in [0.5, 0.6) is 0 Å². The van der Waals surface area contributed by atoms with Crippen molar-refractivity contribution >= 4 is 11.9 Å². The van der Waals surface area contributed by atoms with E-state index in [9.17, 15) is 9.59 Å². The third-order valence-electron chi connectivity index (χ3n) is 4.93. The minimum Gasteiger partial charge on any atom is -0.480 e. The minimum atomic E-state index is -1.41. The monoisotopic (exact) mass is 346 g/mol. The molecule has 1 aliphatic heterocycles. The molecule has 0 radical (unpaired) electrons. The number of rotatable bonds is 6. The highest BCUT2D eigenvalue weighted by atomic mass is 16.4. The molecule has 1 aliphatic rings. The number of aliphatic carboxylic acids is 1. The lowest BCUT2D eigenvalue weighted by atomic mass is 9.92. The molecule has 138 valence electrons. The zero-order valence-electron chi connectivity index (χ0n) is 15.4. The molecule has 1 aromatic carbocycles. The summed E-state index contributed by atoms with van der Waals surface area (Å²) in [7, 11) is 0. The van der Waals surface area contributed by atoms with E-state index in [-0.39, 0.29) is 0 Å². The van der Waals surface area contributed by atoms with Crippen molar-refractivity contribution < 1.29 is 14.7 Å². The Morgan fingerprint density at radius 2 is 1.52 bits per heavy atom. The van der Waals surface area contributed by atoms with Crippen molar-refractivity contribution in [3.63, 3.8) is 0 Å². The Bertz CT molecular complexity index is 573. The highest BCUT2D eigenvalue weighted by Gasteiger charge is 2.35. The largest absolute Gasteiger partial charge is 0.480 e. The number of hydrogen-bond acceptors (Lipinski definition) is 3. The quantitative estimate of drug-likeness (QED) is 0.776. The van der Waals surface area contributed by atoms with Gasteiger partial charge in [0.05, 0.1) is 0 Å². The van der Waals surface area contributed by atoms with Gasteiger partial charge in [0.15, 0.2) is 0 Å². The zero-order chi connectivity index (χ0) is 18.3. The second kappa shape index (κ2) is 8.99. The third-order valence-corrected chi connectivity index (χ3v) is 4.93. The van der Waals surface area contributed by atoms with Gasteiger partial charge in [-0.25, -0.2) is 0 Å². The molecule has 0 bridgehead atoms. The number of amides is 1. The lowest BCUT2D eigenvalue weighted by molar-refractivity contribution is -0.153. The van der Waals surface area contributed by atoms with Crippen LogP contribution in [-0.4, -0.2) is 35.0 Å². The van der Waals surface area contributed by atoms with Crippen LogP contribution >= 0.6 is 0 Å². The molecule has 0 aliphatic carbocycles. The van der Waals surface area contributed by atoms with Gasteiger partial charge in [-0.1, -0.05) is 43.5 Å². The maximum Gasteiger partial charge on any atom is 0.318 e. The van der Waals surface area contributed by atoms with Crippen LogP contribution in [0.2, 0.25) is 0 Å². The normalized spacial score (nSPS) is 16.7. The maximum absolute atomic E-state index is 12.0. The number of likely N-dealkylation sites (tertiary alicyclic amines) is 1. The van der Waals surface area contributed by atoms with Gasteiger partial charge in [0.2, 0.25) is 5.91 Å². The number of nitrogens with zero attached hydrogens (tertiary/aromatic N) is 1. The smallest absolute Gasteiger partial charge is 0.318 e. The number of carboxylic acid groups (broad SMARTS) is 1. The van der Waals surface area contributed by atoms with Crippen molar-refractivity contribution in [3.8, 4) is 0 Å². The third kappa shape index (κ3) is 5.85. The summed E-state index contributed by atoms with van der Waals surface area (Å²) in [6, 6.07) is 8.21. The standard InChI is InChI=1S/C20H30N2O3/c1-20(2,19(24)25)18(23)21-14-16-8-10-17(11-9-16)15-22-12-6-4-3-5-7-13-22/h8-11H,3-7,12-15H2,1-2H3,(H,21,23)(H,24,25). The molecule has 0 unspecified atom stereocenters. The SMILES string of the molecule is CC(C)(C(=O)O)C(=O)NCc1ccc(CN2CCCCCCC2)cc1. The summed E-state index contributed by atoms with van der Waals surface area (Å²) in [4.78, 5) is 25.6. The topological polar surface area (TPSA) is 69.6 Å². The second-order valence-corrected chi connectivity index (χ2v) is 7.47. The van der Waals surface area contributed by atoms with E-state index >= 15 is 0 Å². The fraction of sp³-hybridized carbons (Fsp3) is 0.600. The maximum atomic E-state index is 12.0. The van der Waals surface area contributed by atoms with Crippen molar-refractivity contribution in [1.82, 2.24) is 10.2 Å². The van der Waals surface area contributed by atoms with E-state index in [1.165, 1.54) is 64.6 Å². The fourth-order valence-electron chi connectivity index (χ4n) is 2.99. The Hall–Kier alpha value is -1.88. The second-order valence-electron chi connectivity index (χ2n) is 7.47. The van der Waals surface area contributed by atoms with Crippen LogP contribution in [0.1, 0.15) is 57.1 Å². The molecule has 1 saturated heterocycles. The molecule has 1 fully saturated rings. The number of benzene rings is 1. The minimum absolute atomic E-state index is 0.347. The summed E-state index contributed by atoms with van der Waals surface area (Å²) in [5, 5.41) is 11.8. The first-order valence-corrected chi connectivity index (χ1v) is 9.21. The molecule has 0 atom stereocenters. The molecule has 1 amide bonds. The lowest BCUT2D eigenvalue weighted by Crippen LogP contribution is -2.41. The summed E-state index contributed by atoms with van der Waals surface area (Å²) < 4.78 is 0. The predicted octanol–water partition coefficient (Wildman–Crippen LogP) is 3.18. The molecule has 5 heteroatoms. The fourth-order valence-corrected chi connectivity index (χ4v) is 2.99. The molecular weight excluding hydrogens is 316 g/mol. The number of carboxylic acids is 1. The number of carbonyl (C=O) groups is 2. The van der Waals surface area contributed by atoms with Gasteiger partial charge in [0, 0.05) is 13.1 Å². The van der Waals surface area contributed by atoms with Gasteiger partial charge in [-0.3, -0.25) is 14.5 Å². The molecular formula is C20H30N2O3.